The summed E-state index contributed by atoms with van der Waals surface area (Å²) in [4.78, 5) is 11.2. The lowest BCUT2D eigenvalue weighted by molar-refractivity contribution is 0.0697. The van der Waals surface area contributed by atoms with Crippen molar-refractivity contribution in [1.82, 2.24) is 0 Å². The first-order valence-electron chi connectivity index (χ1n) is 6.39. The van der Waals surface area contributed by atoms with Gasteiger partial charge in [-0.3, -0.25) is 0 Å². The average molecular weight is 253 g/mol. The van der Waals surface area contributed by atoms with E-state index in [1.807, 2.05) is 30.3 Å². The second kappa shape index (κ2) is 4.76. The predicted octanol–water partition coefficient (Wildman–Crippen LogP) is 3.14. The summed E-state index contributed by atoms with van der Waals surface area (Å²) in [6.45, 7) is 0.779. The number of carbonyl (C=O) groups is 1. The molecule has 1 unspecified atom stereocenters. The number of nitrogens with one attached hydrogen (secondary N) is 1. The van der Waals surface area contributed by atoms with Gasteiger partial charge in [-0.2, -0.15) is 0 Å². The highest BCUT2D eigenvalue weighted by molar-refractivity contribution is 5.95. The number of fused-ring (bicyclic) bond motifs is 1. The molecule has 0 fully saturated rings. The molecule has 3 rings (SSSR count). The fourth-order valence-electron chi connectivity index (χ4n) is 2.68. The van der Waals surface area contributed by atoms with Crippen LogP contribution in [0.15, 0.2) is 48.5 Å². The van der Waals surface area contributed by atoms with Crippen LogP contribution in [-0.4, -0.2) is 17.6 Å². The van der Waals surface area contributed by atoms with Crippen LogP contribution in [0, 0.1) is 0 Å². The maximum absolute atomic E-state index is 11.2. The molecule has 0 saturated carbocycles. The van der Waals surface area contributed by atoms with E-state index in [2.05, 4.69) is 17.4 Å². The lowest BCUT2D eigenvalue weighted by Gasteiger charge is -2.27. The van der Waals surface area contributed by atoms with Gasteiger partial charge in [0.25, 0.3) is 0 Å². The Bertz CT molecular complexity index is 607. The number of anilines is 1. The Kier molecular flexibility index (Phi) is 2.95. The van der Waals surface area contributed by atoms with Gasteiger partial charge in [0.1, 0.15) is 0 Å². The summed E-state index contributed by atoms with van der Waals surface area (Å²) in [5, 5.41) is 12.5. The summed E-state index contributed by atoms with van der Waals surface area (Å²) in [5.41, 5.74) is 3.52. The van der Waals surface area contributed by atoms with Gasteiger partial charge in [-0.05, 0) is 23.6 Å². The van der Waals surface area contributed by atoms with Crippen LogP contribution in [0.3, 0.4) is 0 Å². The predicted molar refractivity (Wildman–Crippen MR) is 74.8 cm³/mol. The van der Waals surface area contributed by atoms with Crippen molar-refractivity contribution in [1.29, 1.82) is 0 Å². The Morgan fingerprint density at radius 1 is 1.11 bits per heavy atom. The third-order valence-corrected chi connectivity index (χ3v) is 3.64. The summed E-state index contributed by atoms with van der Waals surface area (Å²) < 4.78 is 0. The highest BCUT2D eigenvalue weighted by atomic mass is 16.4. The van der Waals surface area contributed by atoms with Gasteiger partial charge < -0.3 is 10.4 Å². The molecule has 0 saturated heterocycles. The largest absolute Gasteiger partial charge is 0.478 e. The van der Waals surface area contributed by atoms with E-state index < -0.39 is 5.97 Å². The van der Waals surface area contributed by atoms with E-state index in [0.29, 0.717) is 11.5 Å². The molecule has 1 heterocycles. The third kappa shape index (κ3) is 2.19. The van der Waals surface area contributed by atoms with E-state index in [1.54, 1.807) is 6.07 Å². The Balaban J connectivity index is 1.93. The zero-order valence-corrected chi connectivity index (χ0v) is 10.5. The number of carboxylic acids is 1. The molecule has 3 nitrogen and oxygen atoms in total. The van der Waals surface area contributed by atoms with Crippen molar-refractivity contribution in [2.75, 3.05) is 11.9 Å². The van der Waals surface area contributed by atoms with Gasteiger partial charge in [0.15, 0.2) is 0 Å². The SMILES string of the molecule is O=C(O)c1cccc2c1NCC(c1ccccc1)C2. The number of hydrogen-bond donors (Lipinski definition) is 2. The number of benzene rings is 2. The summed E-state index contributed by atoms with van der Waals surface area (Å²) in [6, 6.07) is 15.8. The molecule has 1 aliphatic rings. The molecule has 2 aromatic carbocycles. The molecular weight excluding hydrogens is 238 g/mol. The molecule has 0 bridgehead atoms. The van der Waals surface area contributed by atoms with Crippen LogP contribution in [0.2, 0.25) is 0 Å². The molecule has 0 aromatic heterocycles. The Morgan fingerprint density at radius 3 is 2.63 bits per heavy atom. The second-order valence-electron chi connectivity index (χ2n) is 4.84. The molecule has 96 valence electrons. The number of para-hydroxylation sites is 1. The first-order valence-corrected chi connectivity index (χ1v) is 6.39. The van der Waals surface area contributed by atoms with Gasteiger partial charge in [-0.25, -0.2) is 4.79 Å². The first-order chi connectivity index (χ1) is 9.25. The smallest absolute Gasteiger partial charge is 0.337 e. The van der Waals surface area contributed by atoms with Crippen molar-refractivity contribution in [3.8, 4) is 0 Å². The van der Waals surface area contributed by atoms with Crippen LogP contribution in [0.5, 0.6) is 0 Å². The molecule has 1 aliphatic heterocycles. The minimum atomic E-state index is -0.873. The standard InChI is InChI=1S/C16H15NO2/c18-16(19)14-8-4-7-12-9-13(10-17-15(12)14)11-5-2-1-3-6-11/h1-8,13,17H,9-10H2,(H,18,19). The van der Waals surface area contributed by atoms with Gasteiger partial charge in [0.2, 0.25) is 0 Å². The summed E-state index contributed by atoms with van der Waals surface area (Å²) >= 11 is 0. The minimum Gasteiger partial charge on any atom is -0.478 e. The number of carboxylic acid groups (broad SMARTS) is 1. The molecule has 2 aromatic rings. The second-order valence-corrected chi connectivity index (χ2v) is 4.84. The number of aromatic carboxylic acids is 1. The van der Waals surface area contributed by atoms with Gasteiger partial charge >= 0.3 is 5.97 Å². The average Bonchev–Trinajstić information content (AvgIpc) is 2.47. The summed E-state index contributed by atoms with van der Waals surface area (Å²) in [5.74, 6) is -0.472. The maximum Gasteiger partial charge on any atom is 0.337 e. The molecule has 0 radical (unpaired) electrons. The third-order valence-electron chi connectivity index (χ3n) is 3.64. The van der Waals surface area contributed by atoms with Crippen LogP contribution in [0.1, 0.15) is 27.4 Å². The normalized spacial score (nSPS) is 17.4. The van der Waals surface area contributed by atoms with E-state index in [0.717, 1.165) is 24.2 Å². The first kappa shape index (κ1) is 11.8. The molecule has 0 spiro atoms. The van der Waals surface area contributed by atoms with E-state index in [1.165, 1.54) is 5.56 Å². The Hall–Kier alpha value is -2.29. The van der Waals surface area contributed by atoms with Gasteiger partial charge in [-0.15, -0.1) is 0 Å². The highest BCUT2D eigenvalue weighted by Gasteiger charge is 2.23. The monoisotopic (exact) mass is 253 g/mol. The molecule has 2 N–H and O–H groups in total. The van der Waals surface area contributed by atoms with Crippen LogP contribution in [0.25, 0.3) is 0 Å². The quantitative estimate of drug-likeness (QED) is 0.864. The Morgan fingerprint density at radius 2 is 1.89 bits per heavy atom. The van der Waals surface area contributed by atoms with Crippen molar-refractivity contribution in [2.24, 2.45) is 0 Å². The topological polar surface area (TPSA) is 49.3 Å². The lowest BCUT2D eigenvalue weighted by Crippen LogP contribution is -2.23. The van der Waals surface area contributed by atoms with Crippen LogP contribution < -0.4 is 5.32 Å². The molecule has 19 heavy (non-hydrogen) atoms. The van der Waals surface area contributed by atoms with Crippen LogP contribution in [0.4, 0.5) is 5.69 Å². The minimum absolute atomic E-state index is 0.365. The van der Waals surface area contributed by atoms with Crippen molar-refractivity contribution in [2.45, 2.75) is 12.3 Å². The van der Waals surface area contributed by atoms with Crippen molar-refractivity contribution >= 4 is 11.7 Å². The maximum atomic E-state index is 11.2. The highest BCUT2D eigenvalue weighted by Crippen LogP contribution is 2.32. The summed E-state index contributed by atoms with van der Waals surface area (Å²) in [7, 11) is 0. The zero-order valence-electron chi connectivity index (χ0n) is 10.5. The lowest BCUT2D eigenvalue weighted by atomic mass is 9.87. The van der Waals surface area contributed by atoms with Crippen LogP contribution in [-0.2, 0) is 6.42 Å². The fraction of sp³-hybridized carbons (Fsp3) is 0.188. The summed E-state index contributed by atoms with van der Waals surface area (Å²) in [6.07, 6.45) is 0.882. The molecule has 3 heteroatoms. The molecule has 1 atom stereocenters. The number of hydrogen-bond acceptors (Lipinski definition) is 2. The van der Waals surface area contributed by atoms with Gasteiger partial charge in [0.05, 0.1) is 11.3 Å². The molecule has 0 aliphatic carbocycles. The van der Waals surface area contributed by atoms with Crippen LogP contribution >= 0.6 is 0 Å². The zero-order chi connectivity index (χ0) is 13.2. The van der Waals surface area contributed by atoms with Crippen molar-refractivity contribution in [3.63, 3.8) is 0 Å². The van der Waals surface area contributed by atoms with E-state index in [-0.39, 0.29) is 0 Å². The van der Waals surface area contributed by atoms with Gasteiger partial charge in [-0.1, -0.05) is 42.5 Å². The van der Waals surface area contributed by atoms with E-state index in [9.17, 15) is 9.90 Å². The number of rotatable bonds is 2. The van der Waals surface area contributed by atoms with E-state index in [4.69, 9.17) is 0 Å². The van der Waals surface area contributed by atoms with Crippen molar-refractivity contribution in [3.05, 3.63) is 65.2 Å². The Labute approximate surface area is 111 Å². The molecular formula is C16H15NO2. The van der Waals surface area contributed by atoms with E-state index >= 15 is 0 Å². The van der Waals surface area contributed by atoms with Crippen molar-refractivity contribution < 1.29 is 9.90 Å². The molecule has 0 amide bonds. The van der Waals surface area contributed by atoms with Gasteiger partial charge in [0, 0.05) is 12.5 Å². The fourth-order valence-corrected chi connectivity index (χ4v) is 2.68.